The van der Waals surface area contributed by atoms with E-state index in [1.54, 1.807) is 6.20 Å². The van der Waals surface area contributed by atoms with Gasteiger partial charge < -0.3 is 9.30 Å². The van der Waals surface area contributed by atoms with Crippen molar-refractivity contribution in [2.24, 2.45) is 7.05 Å². The molecule has 1 atom stereocenters. The number of benzene rings is 1. The van der Waals surface area contributed by atoms with Crippen LogP contribution in [0.4, 0.5) is 0 Å². The number of fused-ring (bicyclic) bond motifs is 1. The van der Waals surface area contributed by atoms with Gasteiger partial charge in [-0.25, -0.2) is 0 Å². The van der Waals surface area contributed by atoms with Gasteiger partial charge in [-0.1, -0.05) is 24.3 Å². The molecule has 0 saturated carbocycles. The standard InChI is InChI=1S/C19H21N3O/c1-21-17(11-15-5-2-3-7-18(15)21)13-22-9-10-23-19(14-22)16-6-4-8-20-12-16/h2-8,11-12,19H,9-10,13-14H2,1H3/t19-/m0/s1. The molecule has 0 amide bonds. The molecular formula is C19H21N3O. The van der Waals surface area contributed by atoms with E-state index in [0.29, 0.717) is 0 Å². The molecule has 0 unspecified atom stereocenters. The first-order chi connectivity index (χ1) is 11.3. The first-order valence-corrected chi connectivity index (χ1v) is 8.08. The molecule has 4 heteroatoms. The molecule has 4 nitrogen and oxygen atoms in total. The molecule has 118 valence electrons. The van der Waals surface area contributed by atoms with E-state index in [1.165, 1.54) is 16.6 Å². The zero-order chi connectivity index (χ0) is 15.6. The minimum absolute atomic E-state index is 0.118. The van der Waals surface area contributed by atoms with E-state index in [2.05, 4.69) is 57.9 Å². The molecule has 1 saturated heterocycles. The van der Waals surface area contributed by atoms with Crippen molar-refractivity contribution in [1.82, 2.24) is 14.5 Å². The fourth-order valence-corrected chi connectivity index (χ4v) is 3.34. The Morgan fingerprint density at radius 1 is 1.22 bits per heavy atom. The van der Waals surface area contributed by atoms with Gasteiger partial charge in [0.1, 0.15) is 0 Å². The molecular weight excluding hydrogens is 286 g/mol. The molecule has 2 aromatic heterocycles. The molecule has 0 bridgehead atoms. The largest absolute Gasteiger partial charge is 0.371 e. The normalized spacial score (nSPS) is 19.3. The van der Waals surface area contributed by atoms with E-state index >= 15 is 0 Å². The topological polar surface area (TPSA) is 30.3 Å². The first-order valence-electron chi connectivity index (χ1n) is 8.08. The van der Waals surface area contributed by atoms with Crippen LogP contribution in [-0.4, -0.2) is 34.1 Å². The van der Waals surface area contributed by atoms with Crippen LogP contribution in [0.15, 0.2) is 54.9 Å². The zero-order valence-electron chi connectivity index (χ0n) is 13.4. The minimum atomic E-state index is 0.118. The summed E-state index contributed by atoms with van der Waals surface area (Å²) in [6, 6.07) is 14.9. The maximum Gasteiger partial charge on any atom is 0.0967 e. The van der Waals surface area contributed by atoms with Crippen molar-refractivity contribution in [3.05, 3.63) is 66.1 Å². The molecule has 0 aliphatic carbocycles. The highest BCUT2D eigenvalue weighted by Crippen LogP contribution is 2.24. The number of para-hydroxylation sites is 1. The van der Waals surface area contributed by atoms with E-state index in [4.69, 9.17) is 4.74 Å². The van der Waals surface area contributed by atoms with Crippen LogP contribution >= 0.6 is 0 Å². The lowest BCUT2D eigenvalue weighted by atomic mass is 10.1. The van der Waals surface area contributed by atoms with Gasteiger partial charge in [-0.2, -0.15) is 0 Å². The SMILES string of the molecule is Cn1c(CN2CCO[C@H](c3cccnc3)C2)cc2ccccc21. The van der Waals surface area contributed by atoms with Gasteiger partial charge >= 0.3 is 0 Å². The van der Waals surface area contributed by atoms with E-state index < -0.39 is 0 Å². The van der Waals surface area contributed by atoms with Gasteiger partial charge in [0, 0.05) is 55.8 Å². The average molecular weight is 307 g/mol. The van der Waals surface area contributed by atoms with Crippen LogP contribution in [0.25, 0.3) is 10.9 Å². The van der Waals surface area contributed by atoms with Crippen molar-refractivity contribution in [3.63, 3.8) is 0 Å². The summed E-state index contributed by atoms with van der Waals surface area (Å²) < 4.78 is 8.23. The summed E-state index contributed by atoms with van der Waals surface area (Å²) in [6.45, 7) is 3.60. The Balaban J connectivity index is 1.53. The van der Waals surface area contributed by atoms with Crippen molar-refractivity contribution in [1.29, 1.82) is 0 Å². The summed E-state index contributed by atoms with van der Waals surface area (Å²) in [5, 5.41) is 1.31. The maximum atomic E-state index is 5.93. The number of morpholine rings is 1. The van der Waals surface area contributed by atoms with Gasteiger partial charge in [0.25, 0.3) is 0 Å². The number of ether oxygens (including phenoxy) is 1. The second-order valence-corrected chi connectivity index (χ2v) is 6.13. The predicted octanol–water partition coefficient (Wildman–Crippen LogP) is 3.15. The third kappa shape index (κ3) is 2.87. The van der Waals surface area contributed by atoms with E-state index in [-0.39, 0.29) is 6.10 Å². The van der Waals surface area contributed by atoms with Crippen LogP contribution < -0.4 is 0 Å². The number of rotatable bonds is 3. The van der Waals surface area contributed by atoms with Crippen molar-refractivity contribution in [2.75, 3.05) is 19.7 Å². The molecule has 1 aliphatic heterocycles. The number of hydrogen-bond donors (Lipinski definition) is 0. The third-order valence-electron chi connectivity index (χ3n) is 4.64. The Labute approximate surface area is 136 Å². The Hall–Kier alpha value is -2.17. The van der Waals surface area contributed by atoms with E-state index in [9.17, 15) is 0 Å². The van der Waals surface area contributed by atoms with Crippen molar-refractivity contribution >= 4 is 10.9 Å². The number of aryl methyl sites for hydroxylation is 1. The lowest BCUT2D eigenvalue weighted by Crippen LogP contribution is -2.38. The van der Waals surface area contributed by atoms with Crippen LogP contribution in [0, 0.1) is 0 Å². The van der Waals surface area contributed by atoms with Crippen LogP contribution in [0.1, 0.15) is 17.4 Å². The van der Waals surface area contributed by atoms with Crippen LogP contribution in [-0.2, 0) is 18.3 Å². The second-order valence-electron chi connectivity index (χ2n) is 6.13. The molecule has 1 fully saturated rings. The highest BCUT2D eigenvalue weighted by Gasteiger charge is 2.23. The fourth-order valence-electron chi connectivity index (χ4n) is 3.34. The van der Waals surface area contributed by atoms with Gasteiger partial charge in [0.15, 0.2) is 0 Å². The Bertz CT molecular complexity index is 797. The summed E-state index contributed by atoms with van der Waals surface area (Å²) in [6.07, 6.45) is 3.83. The predicted molar refractivity (Wildman–Crippen MR) is 91.1 cm³/mol. The molecule has 1 aliphatic rings. The second kappa shape index (κ2) is 6.14. The molecule has 0 radical (unpaired) electrons. The maximum absolute atomic E-state index is 5.93. The lowest BCUT2D eigenvalue weighted by Gasteiger charge is -2.33. The molecule has 1 aromatic carbocycles. The lowest BCUT2D eigenvalue weighted by molar-refractivity contribution is -0.0336. The Morgan fingerprint density at radius 3 is 2.96 bits per heavy atom. The Kier molecular flexibility index (Phi) is 3.85. The highest BCUT2D eigenvalue weighted by atomic mass is 16.5. The average Bonchev–Trinajstić information content (AvgIpc) is 2.92. The number of hydrogen-bond acceptors (Lipinski definition) is 3. The molecule has 3 heterocycles. The molecule has 3 aromatic rings. The fraction of sp³-hybridized carbons (Fsp3) is 0.316. The van der Waals surface area contributed by atoms with Gasteiger partial charge in [-0.3, -0.25) is 9.88 Å². The van der Waals surface area contributed by atoms with E-state index in [0.717, 1.165) is 31.8 Å². The van der Waals surface area contributed by atoms with E-state index in [1.807, 2.05) is 12.3 Å². The third-order valence-corrected chi connectivity index (χ3v) is 4.64. The highest BCUT2D eigenvalue weighted by molar-refractivity contribution is 5.81. The van der Waals surface area contributed by atoms with Gasteiger partial charge in [-0.15, -0.1) is 0 Å². The van der Waals surface area contributed by atoms with Gasteiger partial charge in [0.2, 0.25) is 0 Å². The first kappa shape index (κ1) is 14.4. The number of pyridine rings is 1. The zero-order valence-corrected chi connectivity index (χ0v) is 13.4. The van der Waals surface area contributed by atoms with Crippen molar-refractivity contribution in [2.45, 2.75) is 12.6 Å². The smallest absolute Gasteiger partial charge is 0.0967 e. The van der Waals surface area contributed by atoms with Crippen LogP contribution in [0.5, 0.6) is 0 Å². The summed E-state index contributed by atoms with van der Waals surface area (Å²) in [4.78, 5) is 6.68. The molecule has 23 heavy (non-hydrogen) atoms. The van der Waals surface area contributed by atoms with Crippen molar-refractivity contribution in [3.8, 4) is 0 Å². The van der Waals surface area contributed by atoms with Gasteiger partial charge in [-0.05, 0) is 23.6 Å². The van der Waals surface area contributed by atoms with Crippen LogP contribution in [0.3, 0.4) is 0 Å². The van der Waals surface area contributed by atoms with Gasteiger partial charge in [0.05, 0.1) is 12.7 Å². The quantitative estimate of drug-likeness (QED) is 0.744. The summed E-state index contributed by atoms with van der Waals surface area (Å²) in [5.74, 6) is 0. The van der Waals surface area contributed by atoms with Crippen LogP contribution in [0.2, 0.25) is 0 Å². The number of nitrogens with zero attached hydrogens (tertiary/aromatic N) is 3. The summed E-state index contributed by atoms with van der Waals surface area (Å²) >= 11 is 0. The Morgan fingerprint density at radius 2 is 2.13 bits per heavy atom. The summed E-state index contributed by atoms with van der Waals surface area (Å²) in [7, 11) is 2.15. The van der Waals surface area contributed by atoms with Crippen molar-refractivity contribution < 1.29 is 4.74 Å². The minimum Gasteiger partial charge on any atom is -0.371 e. The summed E-state index contributed by atoms with van der Waals surface area (Å²) in [5.41, 5.74) is 3.80. The molecule has 0 spiro atoms. The monoisotopic (exact) mass is 307 g/mol. The molecule has 4 rings (SSSR count). The molecule has 0 N–H and O–H groups in total. The number of aromatic nitrogens is 2.